The highest BCUT2D eigenvalue weighted by Gasteiger charge is 2.37. The van der Waals surface area contributed by atoms with Gasteiger partial charge in [0.15, 0.2) is 5.75 Å². The fourth-order valence-corrected chi connectivity index (χ4v) is 13.3. The summed E-state index contributed by atoms with van der Waals surface area (Å²) in [5.41, 5.74) is 6.63. The number of rotatable bonds is 8. The van der Waals surface area contributed by atoms with Crippen LogP contribution in [0.5, 0.6) is 11.5 Å². The lowest BCUT2D eigenvalue weighted by atomic mass is 9.47. The first-order valence-electron chi connectivity index (χ1n) is 36.4. The molecule has 6 heterocycles. The SMILES string of the molecule is [2H]c1c([2H])c([2H])c(-c2cccc(-c3c([2H])c([2H])c([2H])c([2H])c3[2H])c2-[n+]2[c-]n3c4c5c(ccc42)c2ccccc2n5B(c2c(C([2H])([2H])[2H])cccc2C([2H])([2H])[2H])c2ccc(Oc4cc5c(cc4-n4c6ccccc6c6ccccc64)c4ccccc4n5-c4cc(C(C)(C)C)ccn4)cc2-3)c([2H])c1[2H]. The van der Waals surface area contributed by atoms with E-state index >= 15 is 0 Å². The number of pyridine rings is 1. The van der Waals surface area contributed by atoms with Gasteiger partial charge in [0.2, 0.25) is 0 Å². The van der Waals surface area contributed by atoms with Crippen molar-refractivity contribution >= 4 is 94.2 Å². The molecule has 0 saturated heterocycles. The van der Waals surface area contributed by atoms with Gasteiger partial charge in [-0.3, -0.25) is 13.7 Å². The Kier molecular flexibility index (Phi) is 7.94. The number of benzene rings is 11. The molecule has 16 aromatic rings. The normalized spacial score (nSPS) is 15.4. The van der Waals surface area contributed by atoms with Crippen LogP contribution in [0.4, 0.5) is 0 Å². The van der Waals surface area contributed by atoms with Gasteiger partial charge in [-0.25, -0.2) is 4.98 Å². The van der Waals surface area contributed by atoms with Crippen molar-refractivity contribution in [3.8, 4) is 56.6 Å². The lowest BCUT2D eigenvalue weighted by Gasteiger charge is -2.24. The standard InChI is InChI=1S/C78H57BN6O/c1-49-22-20-23-50(2)74(49)79-63-40-38-54(86-72-47-69-62(46-71(72)83-64-34-16-12-28-57(64)58-29-13-17-35-65(58)83)60-31-14-18-36-66(60)84(69)73-44-53(42-43-80-73)78(3,4)5)45-70(63)82-48-81(68-41-39-61-59-30-15-19-37-67(59)85(79)76(61)77(68)82)75-55(51-24-8-6-9-25-51)32-21-33-56(75)52-26-10-7-11-27-52/h6-47H,1-5H3/i1D3,2D3,6D,7D,8D,9D,10D,11D,24D,25D,26D,27D. The summed E-state index contributed by atoms with van der Waals surface area (Å²) in [6.07, 6.45) is 5.46. The highest BCUT2D eigenvalue weighted by Crippen LogP contribution is 2.45. The van der Waals surface area contributed by atoms with E-state index < -0.39 is 81.0 Å². The van der Waals surface area contributed by atoms with Crippen LogP contribution in [0.3, 0.4) is 0 Å². The van der Waals surface area contributed by atoms with Crippen LogP contribution in [0.2, 0.25) is 0 Å². The molecule has 5 aromatic heterocycles. The predicted molar refractivity (Wildman–Crippen MR) is 356 cm³/mol. The third-order valence-electron chi connectivity index (χ3n) is 17.1. The Balaban J connectivity index is 1.02. The Bertz CT molecular complexity index is 6120. The van der Waals surface area contributed by atoms with Crippen molar-refractivity contribution in [1.29, 1.82) is 0 Å². The van der Waals surface area contributed by atoms with Crippen molar-refractivity contribution in [2.45, 2.75) is 39.9 Å². The van der Waals surface area contributed by atoms with Crippen LogP contribution in [-0.2, 0) is 5.41 Å². The zero-order chi connectivity index (χ0) is 71.2. The second-order valence-electron chi connectivity index (χ2n) is 22.9. The maximum Gasteiger partial charge on any atom is 0.324 e. The Hall–Kier alpha value is -10.7. The van der Waals surface area contributed by atoms with Crippen LogP contribution in [0.1, 0.15) is 59.4 Å². The summed E-state index contributed by atoms with van der Waals surface area (Å²) >= 11 is 0. The molecule has 408 valence electrons. The number of imidazole rings is 1. The van der Waals surface area contributed by atoms with Crippen LogP contribution < -0.4 is 20.2 Å². The van der Waals surface area contributed by atoms with Gasteiger partial charge in [0.05, 0.1) is 58.4 Å². The van der Waals surface area contributed by atoms with Crippen molar-refractivity contribution in [1.82, 2.24) is 23.2 Å². The van der Waals surface area contributed by atoms with Gasteiger partial charge in [-0.2, -0.15) is 0 Å². The molecule has 11 aromatic carbocycles. The van der Waals surface area contributed by atoms with E-state index in [0.717, 1.165) is 49.2 Å². The van der Waals surface area contributed by atoms with Crippen molar-refractivity contribution in [3.63, 3.8) is 0 Å². The zero-order valence-electron chi connectivity index (χ0n) is 62.6. The summed E-state index contributed by atoms with van der Waals surface area (Å²) in [5.74, 6) is 1.34. The second kappa shape index (κ2) is 18.9. The maximum atomic E-state index is 9.48. The average molecular weight is 1120 g/mol. The van der Waals surface area contributed by atoms with Crippen LogP contribution in [0.15, 0.2) is 255 Å². The third kappa shape index (κ3) is 7.42. The van der Waals surface area contributed by atoms with Crippen LogP contribution in [-0.4, -0.2) is 30.0 Å². The predicted octanol–water partition coefficient (Wildman–Crippen LogP) is 17.4. The van der Waals surface area contributed by atoms with Gasteiger partial charge < -0.3 is 13.8 Å². The van der Waals surface area contributed by atoms with Gasteiger partial charge in [0.1, 0.15) is 17.1 Å². The maximum absolute atomic E-state index is 9.48. The van der Waals surface area contributed by atoms with E-state index in [1.54, 1.807) is 33.4 Å². The van der Waals surface area contributed by atoms with E-state index in [1.807, 2.05) is 102 Å². The van der Waals surface area contributed by atoms with Gasteiger partial charge >= 0.3 is 6.85 Å². The van der Waals surface area contributed by atoms with Crippen molar-refractivity contribution in [2.75, 3.05) is 0 Å². The highest BCUT2D eigenvalue weighted by molar-refractivity contribution is 6.87. The molecule has 7 nitrogen and oxygen atoms in total. The molecule has 0 unspecified atom stereocenters. The third-order valence-corrected chi connectivity index (χ3v) is 17.1. The zero-order valence-corrected chi connectivity index (χ0v) is 46.6. The Morgan fingerprint density at radius 1 is 0.523 bits per heavy atom. The smallest absolute Gasteiger partial charge is 0.324 e. The molecule has 0 fully saturated rings. The molecule has 0 saturated carbocycles. The lowest BCUT2D eigenvalue weighted by Crippen LogP contribution is -2.51. The summed E-state index contributed by atoms with van der Waals surface area (Å²) in [6.45, 7) is -0.510. The molecule has 0 N–H and O–H groups in total. The van der Waals surface area contributed by atoms with E-state index in [1.165, 1.54) is 24.3 Å². The molecule has 0 bridgehead atoms. The minimum Gasteiger partial charge on any atom is -0.456 e. The topological polar surface area (TPSA) is 45.7 Å². The minimum absolute atomic E-state index is 0.0109. The molecule has 1 aliphatic rings. The molecule has 17 rings (SSSR count). The number of para-hydroxylation sites is 5. The molecule has 8 heteroatoms. The first-order valence-corrected chi connectivity index (χ1v) is 28.4. The number of hydrogen-bond donors (Lipinski definition) is 0. The van der Waals surface area contributed by atoms with Gasteiger partial charge in [0, 0.05) is 63.8 Å². The van der Waals surface area contributed by atoms with Crippen molar-refractivity contribution < 1.29 is 31.2 Å². The molecule has 1 aliphatic heterocycles. The molecule has 0 aliphatic carbocycles. The molecule has 86 heavy (non-hydrogen) atoms. The van der Waals surface area contributed by atoms with E-state index in [9.17, 15) is 13.7 Å². The van der Waals surface area contributed by atoms with Crippen molar-refractivity contribution in [3.05, 3.63) is 278 Å². The summed E-state index contributed by atoms with van der Waals surface area (Å²) in [6, 6.07) is 52.2. The first kappa shape index (κ1) is 36.1. The molecule has 0 spiro atoms. The Labute approximate surface area is 521 Å². The van der Waals surface area contributed by atoms with Gasteiger partial charge in [0.25, 0.3) is 6.33 Å². The number of fused-ring (bicyclic) bond motifs is 11. The summed E-state index contributed by atoms with van der Waals surface area (Å²) in [5, 5.41) is 5.24. The quantitative estimate of drug-likeness (QED) is 0.0865. The van der Waals surface area contributed by atoms with E-state index in [-0.39, 0.29) is 55.7 Å². The minimum atomic E-state index is -2.87. The fraction of sp³-hybridized carbons (Fsp3) is 0.0769. The number of aryl methyl sites for hydroxylation is 2. The van der Waals surface area contributed by atoms with Gasteiger partial charge in [-0.05, 0) is 112 Å². The number of aromatic nitrogens is 6. The molecule has 0 atom stereocenters. The lowest BCUT2D eigenvalue weighted by molar-refractivity contribution is -0.571. The second-order valence-corrected chi connectivity index (χ2v) is 22.9. The van der Waals surface area contributed by atoms with Gasteiger partial charge in [-0.15, -0.1) is 0 Å². The van der Waals surface area contributed by atoms with Crippen LogP contribution in [0, 0.1) is 20.0 Å². The Morgan fingerprint density at radius 2 is 1.12 bits per heavy atom. The molecular formula is C78H57BN6O. The fourth-order valence-electron chi connectivity index (χ4n) is 13.3. The molecule has 0 amide bonds. The largest absolute Gasteiger partial charge is 0.456 e. The number of ether oxygens (including phenoxy) is 1. The monoisotopic (exact) mass is 1120 g/mol. The summed E-state index contributed by atoms with van der Waals surface area (Å²) in [7, 11) is 0. The Morgan fingerprint density at radius 3 is 1.76 bits per heavy atom. The van der Waals surface area contributed by atoms with Crippen LogP contribution in [0.25, 0.3) is 122 Å². The summed E-state index contributed by atoms with van der Waals surface area (Å²) < 4.78 is 164. The number of nitrogens with zero attached hydrogens (tertiary/aromatic N) is 6. The van der Waals surface area contributed by atoms with Crippen LogP contribution >= 0.6 is 0 Å². The molecule has 0 radical (unpaired) electrons. The summed E-state index contributed by atoms with van der Waals surface area (Å²) in [4.78, 5) is 5.02. The van der Waals surface area contributed by atoms with Crippen molar-refractivity contribution in [2.24, 2.45) is 0 Å². The van der Waals surface area contributed by atoms with E-state index in [2.05, 4.69) is 84.8 Å². The average Bonchev–Trinajstić information content (AvgIpc) is 1.52. The number of hydrogen-bond acceptors (Lipinski definition) is 2. The van der Waals surface area contributed by atoms with E-state index in [0.29, 0.717) is 61.2 Å². The highest BCUT2D eigenvalue weighted by atomic mass is 16.5. The molecular weight excluding hydrogens is 1050 g/mol. The van der Waals surface area contributed by atoms with Gasteiger partial charge in [-0.1, -0.05) is 220 Å². The van der Waals surface area contributed by atoms with E-state index in [4.69, 9.17) is 17.9 Å². The first-order chi connectivity index (χ1) is 48.7.